The number of ether oxygens (including phenoxy) is 1. The summed E-state index contributed by atoms with van der Waals surface area (Å²) in [7, 11) is 0. The van der Waals surface area contributed by atoms with Gasteiger partial charge in [-0.25, -0.2) is 4.79 Å². The average molecular weight is 368 g/mol. The molecule has 140 valence electrons. The normalized spacial score (nSPS) is 12.1. The zero-order chi connectivity index (χ0) is 19.4. The first-order valence-corrected chi connectivity index (χ1v) is 8.57. The van der Waals surface area contributed by atoms with Gasteiger partial charge in [-0.15, -0.1) is 0 Å². The predicted molar refractivity (Wildman–Crippen MR) is 98.4 cm³/mol. The number of esters is 1. The summed E-state index contributed by atoms with van der Waals surface area (Å²) in [6, 6.07) is 9.56. The van der Waals surface area contributed by atoms with E-state index in [2.05, 4.69) is 10.3 Å². The van der Waals surface area contributed by atoms with Crippen molar-refractivity contribution in [2.45, 2.75) is 19.9 Å². The highest BCUT2D eigenvalue weighted by atomic mass is 16.5. The van der Waals surface area contributed by atoms with E-state index in [0.29, 0.717) is 5.56 Å². The third-order valence-corrected chi connectivity index (χ3v) is 4.19. The molecule has 7 heteroatoms. The molecule has 0 saturated heterocycles. The standard InChI is InChI=1S/C20H20N2O5/c1-12(2)18(22-19(24)17-8-5-9-26-17)20(25)27-11-16(23)14-10-21-15-7-4-3-6-13(14)15/h3-10,12,18,21H,11H2,1-2H3,(H,22,24)/t18-/m0/s1. The number of furan rings is 1. The first-order chi connectivity index (χ1) is 13.0. The number of aromatic amines is 1. The number of aromatic nitrogens is 1. The van der Waals surface area contributed by atoms with Gasteiger partial charge >= 0.3 is 5.97 Å². The Morgan fingerprint density at radius 3 is 2.63 bits per heavy atom. The Balaban J connectivity index is 1.63. The van der Waals surface area contributed by atoms with Gasteiger partial charge in [-0.05, 0) is 24.1 Å². The van der Waals surface area contributed by atoms with Gasteiger partial charge in [0.1, 0.15) is 6.04 Å². The van der Waals surface area contributed by atoms with Crippen LogP contribution in [0.2, 0.25) is 0 Å². The fourth-order valence-corrected chi connectivity index (χ4v) is 2.72. The highest BCUT2D eigenvalue weighted by molar-refractivity contribution is 6.09. The van der Waals surface area contributed by atoms with Gasteiger partial charge in [0.05, 0.1) is 6.26 Å². The summed E-state index contributed by atoms with van der Waals surface area (Å²) in [5.74, 6) is -1.62. The van der Waals surface area contributed by atoms with Crippen LogP contribution in [0, 0.1) is 5.92 Å². The van der Waals surface area contributed by atoms with Crippen LogP contribution in [0.3, 0.4) is 0 Å². The maximum Gasteiger partial charge on any atom is 0.329 e. The highest BCUT2D eigenvalue weighted by Gasteiger charge is 2.28. The molecule has 2 heterocycles. The van der Waals surface area contributed by atoms with Crippen LogP contribution in [-0.2, 0) is 9.53 Å². The van der Waals surface area contributed by atoms with E-state index in [4.69, 9.17) is 9.15 Å². The molecule has 0 bridgehead atoms. The van der Waals surface area contributed by atoms with Crippen LogP contribution in [0.4, 0.5) is 0 Å². The van der Waals surface area contributed by atoms with E-state index < -0.39 is 24.5 Å². The molecular formula is C20H20N2O5. The Bertz CT molecular complexity index is 956. The minimum Gasteiger partial charge on any atom is -0.459 e. The largest absolute Gasteiger partial charge is 0.459 e. The van der Waals surface area contributed by atoms with E-state index in [1.54, 1.807) is 26.1 Å². The van der Waals surface area contributed by atoms with Crippen LogP contribution in [0.15, 0.2) is 53.3 Å². The second-order valence-corrected chi connectivity index (χ2v) is 6.45. The van der Waals surface area contributed by atoms with E-state index in [-0.39, 0.29) is 17.5 Å². The molecule has 2 N–H and O–H groups in total. The van der Waals surface area contributed by atoms with Crippen molar-refractivity contribution in [1.82, 2.24) is 10.3 Å². The van der Waals surface area contributed by atoms with Gasteiger partial charge in [0.15, 0.2) is 12.4 Å². The average Bonchev–Trinajstić information content (AvgIpc) is 3.33. The molecule has 3 aromatic rings. The summed E-state index contributed by atoms with van der Waals surface area (Å²) in [5.41, 5.74) is 1.29. The van der Waals surface area contributed by atoms with E-state index in [0.717, 1.165) is 10.9 Å². The van der Waals surface area contributed by atoms with Crippen LogP contribution in [-0.4, -0.2) is 35.3 Å². The summed E-state index contributed by atoms with van der Waals surface area (Å²) in [6.45, 7) is 3.15. The van der Waals surface area contributed by atoms with Crippen molar-refractivity contribution in [3.8, 4) is 0 Å². The van der Waals surface area contributed by atoms with E-state index >= 15 is 0 Å². The van der Waals surface area contributed by atoms with Gasteiger partial charge < -0.3 is 19.5 Å². The molecule has 0 saturated carbocycles. The molecule has 0 aliphatic carbocycles. The summed E-state index contributed by atoms with van der Waals surface area (Å²) >= 11 is 0. The number of amides is 1. The number of fused-ring (bicyclic) bond motifs is 1. The number of rotatable bonds is 7. The summed E-state index contributed by atoms with van der Waals surface area (Å²) < 4.78 is 10.2. The number of para-hydroxylation sites is 1. The Morgan fingerprint density at radius 1 is 1.15 bits per heavy atom. The third kappa shape index (κ3) is 4.08. The van der Waals surface area contributed by atoms with E-state index in [9.17, 15) is 14.4 Å². The monoisotopic (exact) mass is 368 g/mol. The molecule has 0 radical (unpaired) electrons. The lowest BCUT2D eigenvalue weighted by atomic mass is 10.0. The number of benzene rings is 1. The quantitative estimate of drug-likeness (QED) is 0.493. The van der Waals surface area contributed by atoms with Crippen molar-refractivity contribution in [2.24, 2.45) is 5.92 Å². The fraction of sp³-hybridized carbons (Fsp3) is 0.250. The fourth-order valence-electron chi connectivity index (χ4n) is 2.72. The Morgan fingerprint density at radius 2 is 1.93 bits per heavy atom. The molecule has 27 heavy (non-hydrogen) atoms. The van der Waals surface area contributed by atoms with Gasteiger partial charge in [0.2, 0.25) is 5.78 Å². The maximum atomic E-state index is 12.4. The Hall–Kier alpha value is -3.35. The van der Waals surface area contributed by atoms with Crippen molar-refractivity contribution < 1.29 is 23.5 Å². The van der Waals surface area contributed by atoms with Crippen LogP contribution in [0.5, 0.6) is 0 Å². The highest BCUT2D eigenvalue weighted by Crippen LogP contribution is 2.18. The topological polar surface area (TPSA) is 101 Å². The van der Waals surface area contributed by atoms with Crippen LogP contribution in [0.1, 0.15) is 34.8 Å². The van der Waals surface area contributed by atoms with Crippen molar-refractivity contribution in [3.05, 3.63) is 60.2 Å². The summed E-state index contributed by atoms with van der Waals surface area (Å²) in [5, 5.41) is 3.35. The molecule has 0 fully saturated rings. The third-order valence-electron chi connectivity index (χ3n) is 4.19. The van der Waals surface area contributed by atoms with Crippen molar-refractivity contribution >= 4 is 28.6 Å². The Labute approximate surface area is 155 Å². The lowest BCUT2D eigenvalue weighted by Gasteiger charge is -2.20. The Kier molecular flexibility index (Phi) is 5.40. The molecule has 1 amide bonds. The molecular weight excluding hydrogens is 348 g/mol. The smallest absolute Gasteiger partial charge is 0.329 e. The number of ketones is 1. The van der Waals surface area contributed by atoms with Crippen LogP contribution in [0.25, 0.3) is 10.9 Å². The summed E-state index contributed by atoms with van der Waals surface area (Å²) in [6.07, 6.45) is 2.97. The van der Waals surface area contributed by atoms with Gasteiger partial charge in [-0.2, -0.15) is 0 Å². The SMILES string of the molecule is CC(C)[C@H](NC(=O)c1ccco1)C(=O)OCC(=O)c1c[nH]c2ccccc12. The number of hydrogen-bond donors (Lipinski definition) is 2. The molecule has 0 spiro atoms. The summed E-state index contributed by atoms with van der Waals surface area (Å²) in [4.78, 5) is 39.9. The zero-order valence-corrected chi connectivity index (χ0v) is 15.0. The lowest BCUT2D eigenvalue weighted by molar-refractivity contribution is -0.145. The molecule has 0 unspecified atom stereocenters. The number of H-pyrrole nitrogens is 1. The number of carbonyl (C=O) groups excluding carboxylic acids is 3. The molecule has 3 rings (SSSR count). The molecule has 7 nitrogen and oxygen atoms in total. The van der Waals surface area contributed by atoms with Gasteiger partial charge in [-0.3, -0.25) is 9.59 Å². The molecule has 0 aliphatic rings. The molecule has 0 aliphatic heterocycles. The number of hydrogen-bond acceptors (Lipinski definition) is 5. The van der Waals surface area contributed by atoms with Gasteiger partial charge in [0, 0.05) is 22.7 Å². The van der Waals surface area contributed by atoms with Crippen LogP contribution >= 0.6 is 0 Å². The second-order valence-electron chi connectivity index (χ2n) is 6.45. The first-order valence-electron chi connectivity index (χ1n) is 8.57. The first kappa shape index (κ1) is 18.4. The number of carbonyl (C=O) groups is 3. The van der Waals surface area contributed by atoms with Crippen molar-refractivity contribution in [2.75, 3.05) is 6.61 Å². The minimum atomic E-state index is -0.890. The van der Waals surface area contributed by atoms with Gasteiger partial charge in [0.25, 0.3) is 5.91 Å². The second kappa shape index (κ2) is 7.90. The number of nitrogens with one attached hydrogen (secondary N) is 2. The lowest BCUT2D eigenvalue weighted by Crippen LogP contribution is -2.45. The molecule has 2 aromatic heterocycles. The van der Waals surface area contributed by atoms with Crippen LogP contribution < -0.4 is 5.32 Å². The predicted octanol–water partition coefficient (Wildman–Crippen LogP) is 2.94. The molecule has 1 atom stereocenters. The number of Topliss-reactive ketones (excluding diaryl/α,β-unsaturated/α-hetero) is 1. The van der Waals surface area contributed by atoms with Crippen molar-refractivity contribution in [1.29, 1.82) is 0 Å². The van der Waals surface area contributed by atoms with Gasteiger partial charge in [-0.1, -0.05) is 32.0 Å². The maximum absolute atomic E-state index is 12.4. The van der Waals surface area contributed by atoms with E-state index in [1.165, 1.54) is 12.3 Å². The molecule has 1 aromatic carbocycles. The minimum absolute atomic E-state index is 0.100. The zero-order valence-electron chi connectivity index (χ0n) is 15.0. The van der Waals surface area contributed by atoms with Crippen molar-refractivity contribution in [3.63, 3.8) is 0 Å². The van der Waals surface area contributed by atoms with E-state index in [1.807, 2.05) is 24.3 Å².